The van der Waals surface area contributed by atoms with Crippen molar-refractivity contribution in [1.82, 2.24) is 19.3 Å². The van der Waals surface area contributed by atoms with Crippen LogP contribution in [0.4, 0.5) is 11.5 Å². The molecular formula is C21H18N6O3. The first-order valence-electron chi connectivity index (χ1n) is 9.50. The van der Waals surface area contributed by atoms with Crippen LogP contribution in [-0.4, -0.2) is 30.2 Å². The average molecular weight is 402 g/mol. The van der Waals surface area contributed by atoms with Crippen molar-refractivity contribution < 1.29 is 9.72 Å². The van der Waals surface area contributed by atoms with Crippen LogP contribution < -0.4 is 5.32 Å². The van der Waals surface area contributed by atoms with Gasteiger partial charge in [-0.25, -0.2) is 4.98 Å². The molecule has 4 aromatic rings. The number of aryl methyl sites for hydroxylation is 2. The van der Waals surface area contributed by atoms with E-state index in [2.05, 4.69) is 15.4 Å². The Balaban J connectivity index is 1.73. The van der Waals surface area contributed by atoms with Gasteiger partial charge in [0.2, 0.25) is 11.9 Å². The summed E-state index contributed by atoms with van der Waals surface area (Å²) >= 11 is 0. The topological polar surface area (TPSA) is 108 Å². The molecule has 0 unspecified atom stereocenters. The van der Waals surface area contributed by atoms with E-state index in [0.29, 0.717) is 23.0 Å². The van der Waals surface area contributed by atoms with Gasteiger partial charge in [-0.2, -0.15) is 9.78 Å². The minimum Gasteiger partial charge on any atom is -0.311 e. The highest BCUT2D eigenvalue weighted by Gasteiger charge is 2.36. The summed E-state index contributed by atoms with van der Waals surface area (Å²) in [6.45, 7) is 1.84. The van der Waals surface area contributed by atoms with Gasteiger partial charge in [0.25, 0.3) is 5.69 Å². The second kappa shape index (κ2) is 6.51. The molecule has 1 aliphatic rings. The fraction of sp³-hybridized carbons (Fsp3) is 0.190. The van der Waals surface area contributed by atoms with Crippen LogP contribution in [0.2, 0.25) is 0 Å². The molecule has 2 aromatic heterocycles. The first-order chi connectivity index (χ1) is 14.5. The number of aromatic nitrogens is 4. The van der Waals surface area contributed by atoms with Crippen molar-refractivity contribution in [3.63, 3.8) is 0 Å². The van der Waals surface area contributed by atoms with Crippen LogP contribution in [0.1, 0.15) is 29.2 Å². The van der Waals surface area contributed by atoms with Crippen LogP contribution in [0.3, 0.4) is 0 Å². The molecule has 1 atom stereocenters. The molecule has 0 radical (unpaired) electrons. The number of hydrogen-bond acceptors (Lipinski definition) is 5. The second-order valence-electron chi connectivity index (χ2n) is 7.34. The number of anilines is 1. The Kier molecular flexibility index (Phi) is 3.92. The molecule has 0 saturated heterocycles. The van der Waals surface area contributed by atoms with Crippen LogP contribution >= 0.6 is 0 Å². The molecule has 5 rings (SSSR count). The number of amides is 1. The third-order valence-electron chi connectivity index (χ3n) is 5.56. The van der Waals surface area contributed by atoms with Crippen molar-refractivity contribution in [2.75, 3.05) is 5.32 Å². The summed E-state index contributed by atoms with van der Waals surface area (Å²) in [6, 6.07) is 14.3. The number of fused-ring (bicyclic) bond motifs is 2. The smallest absolute Gasteiger partial charge is 0.273 e. The van der Waals surface area contributed by atoms with Gasteiger partial charge >= 0.3 is 0 Å². The Morgan fingerprint density at radius 3 is 2.67 bits per heavy atom. The number of carbonyl (C=O) groups is 1. The molecule has 0 saturated carbocycles. The Hall–Kier alpha value is -4.01. The molecule has 1 amide bonds. The normalized spacial score (nSPS) is 15.8. The van der Waals surface area contributed by atoms with Crippen molar-refractivity contribution >= 4 is 28.4 Å². The first kappa shape index (κ1) is 18.0. The molecule has 30 heavy (non-hydrogen) atoms. The van der Waals surface area contributed by atoms with Crippen molar-refractivity contribution in [1.29, 1.82) is 0 Å². The predicted octanol–water partition coefficient (Wildman–Crippen LogP) is 3.45. The maximum Gasteiger partial charge on any atom is 0.273 e. The van der Waals surface area contributed by atoms with E-state index < -0.39 is 10.8 Å². The number of nitrogens with one attached hydrogen (secondary N) is 1. The Labute approximate surface area is 171 Å². The number of nitro groups is 1. The van der Waals surface area contributed by atoms with Crippen LogP contribution in [-0.2, 0) is 11.8 Å². The number of nitro benzene ring substituents is 1. The zero-order valence-electron chi connectivity index (χ0n) is 16.4. The summed E-state index contributed by atoms with van der Waals surface area (Å²) in [6.07, 6.45) is 0.118. The van der Waals surface area contributed by atoms with Crippen molar-refractivity contribution in [3.05, 3.63) is 75.5 Å². The van der Waals surface area contributed by atoms with Crippen LogP contribution in [0, 0.1) is 17.0 Å². The van der Waals surface area contributed by atoms with Crippen molar-refractivity contribution in [2.24, 2.45) is 7.05 Å². The molecule has 2 aromatic carbocycles. The maximum atomic E-state index is 12.6. The van der Waals surface area contributed by atoms with E-state index in [4.69, 9.17) is 0 Å². The fourth-order valence-electron chi connectivity index (χ4n) is 4.23. The number of carbonyl (C=O) groups excluding carboxylic acids is 1. The minimum atomic E-state index is -0.459. The van der Waals surface area contributed by atoms with E-state index in [1.54, 1.807) is 22.9 Å². The number of benzene rings is 2. The first-order valence-corrected chi connectivity index (χ1v) is 9.50. The summed E-state index contributed by atoms with van der Waals surface area (Å²) in [5.41, 5.74) is 3.72. The molecule has 9 nitrogen and oxygen atoms in total. The van der Waals surface area contributed by atoms with E-state index in [0.717, 1.165) is 16.6 Å². The highest BCUT2D eigenvalue weighted by Crippen LogP contribution is 2.42. The molecule has 0 bridgehead atoms. The van der Waals surface area contributed by atoms with Gasteiger partial charge in [0.05, 0.1) is 21.7 Å². The molecule has 3 heterocycles. The van der Waals surface area contributed by atoms with Gasteiger partial charge in [-0.1, -0.05) is 30.3 Å². The zero-order chi connectivity index (χ0) is 21.0. The standard InChI is InChI=1S/C21H18N6O3/c1-12-19-14(13-7-3-5-9-16(13)27(29)30)11-18(28)23-20(19)26(24-12)21-22-15-8-4-6-10-17(15)25(21)2/h3-10,14H,11H2,1-2H3,(H,23,28)/t14-/m0/s1. The third-order valence-corrected chi connectivity index (χ3v) is 5.56. The fourth-order valence-corrected chi connectivity index (χ4v) is 4.23. The van der Waals surface area contributed by atoms with E-state index >= 15 is 0 Å². The van der Waals surface area contributed by atoms with Gasteiger partial charge in [-0.3, -0.25) is 14.9 Å². The summed E-state index contributed by atoms with van der Waals surface area (Å²) in [4.78, 5) is 28.4. The van der Waals surface area contributed by atoms with Gasteiger partial charge in [0.1, 0.15) is 5.82 Å². The van der Waals surface area contributed by atoms with Crippen LogP contribution in [0.25, 0.3) is 17.0 Å². The van der Waals surface area contributed by atoms with E-state index in [-0.39, 0.29) is 18.0 Å². The summed E-state index contributed by atoms with van der Waals surface area (Å²) in [5, 5.41) is 19.1. The highest BCUT2D eigenvalue weighted by atomic mass is 16.6. The second-order valence-corrected chi connectivity index (χ2v) is 7.34. The van der Waals surface area contributed by atoms with Crippen LogP contribution in [0.5, 0.6) is 0 Å². The maximum absolute atomic E-state index is 12.6. The largest absolute Gasteiger partial charge is 0.311 e. The molecular weight excluding hydrogens is 384 g/mol. The zero-order valence-corrected chi connectivity index (χ0v) is 16.4. The number of hydrogen-bond donors (Lipinski definition) is 1. The van der Waals surface area contributed by atoms with Gasteiger partial charge in [0, 0.05) is 36.6 Å². The number of para-hydroxylation sites is 3. The van der Waals surface area contributed by atoms with Gasteiger partial charge in [-0.05, 0) is 19.1 Å². The summed E-state index contributed by atoms with van der Waals surface area (Å²) in [5.74, 6) is 0.388. The lowest BCUT2D eigenvalue weighted by molar-refractivity contribution is -0.385. The Bertz CT molecular complexity index is 1340. The quantitative estimate of drug-likeness (QED) is 0.417. The van der Waals surface area contributed by atoms with Gasteiger partial charge < -0.3 is 9.88 Å². The molecule has 0 spiro atoms. The number of nitrogens with zero attached hydrogens (tertiary/aromatic N) is 5. The lowest BCUT2D eigenvalue weighted by Crippen LogP contribution is -2.25. The number of imidazole rings is 1. The number of rotatable bonds is 3. The van der Waals surface area contributed by atoms with Gasteiger partial charge in [0.15, 0.2) is 0 Å². The lowest BCUT2D eigenvalue weighted by atomic mass is 9.85. The minimum absolute atomic E-state index is 0.00182. The molecule has 150 valence electrons. The Morgan fingerprint density at radius 1 is 1.17 bits per heavy atom. The molecule has 0 fully saturated rings. The third kappa shape index (κ3) is 2.59. The predicted molar refractivity (Wildman–Crippen MR) is 111 cm³/mol. The Morgan fingerprint density at radius 2 is 1.90 bits per heavy atom. The molecule has 9 heteroatoms. The van der Waals surface area contributed by atoms with E-state index in [1.165, 1.54) is 6.07 Å². The summed E-state index contributed by atoms with van der Waals surface area (Å²) < 4.78 is 3.52. The highest BCUT2D eigenvalue weighted by molar-refractivity contribution is 5.95. The SMILES string of the molecule is Cc1nn(-c2nc3ccccc3n2C)c2c1[C@H](c1ccccc1[N+](=O)[O-])CC(=O)N2. The van der Waals surface area contributed by atoms with Crippen molar-refractivity contribution in [2.45, 2.75) is 19.3 Å². The van der Waals surface area contributed by atoms with Crippen molar-refractivity contribution in [3.8, 4) is 5.95 Å². The monoisotopic (exact) mass is 402 g/mol. The summed E-state index contributed by atoms with van der Waals surface area (Å²) in [7, 11) is 1.89. The molecule has 1 aliphatic heterocycles. The average Bonchev–Trinajstić information content (AvgIpc) is 3.24. The van der Waals surface area contributed by atoms with E-state index in [9.17, 15) is 14.9 Å². The molecule has 1 N–H and O–H groups in total. The van der Waals surface area contributed by atoms with Gasteiger partial charge in [-0.15, -0.1) is 0 Å². The van der Waals surface area contributed by atoms with Crippen LogP contribution in [0.15, 0.2) is 48.5 Å². The van der Waals surface area contributed by atoms with E-state index in [1.807, 2.05) is 42.8 Å². The molecule has 0 aliphatic carbocycles. The lowest BCUT2D eigenvalue weighted by Gasteiger charge is -2.24.